The van der Waals surface area contributed by atoms with Gasteiger partial charge in [-0.3, -0.25) is 4.79 Å². The van der Waals surface area contributed by atoms with E-state index in [0.29, 0.717) is 15.6 Å². The van der Waals surface area contributed by atoms with Crippen molar-refractivity contribution < 1.29 is 22.4 Å². The Hall–Kier alpha value is -2.69. The van der Waals surface area contributed by atoms with E-state index in [1.54, 1.807) is 17.0 Å². The summed E-state index contributed by atoms with van der Waals surface area (Å²) in [6, 6.07) is 2.75. The third-order valence-corrected chi connectivity index (χ3v) is 4.85. The first-order valence-corrected chi connectivity index (χ1v) is 9.74. The van der Waals surface area contributed by atoms with Gasteiger partial charge in [0.2, 0.25) is 0 Å². The normalized spacial score (nSPS) is 11.5. The Morgan fingerprint density at radius 1 is 1.23 bits per heavy atom. The van der Waals surface area contributed by atoms with Crippen LogP contribution in [0.5, 0.6) is 0 Å². The number of amides is 1. The van der Waals surface area contributed by atoms with Gasteiger partial charge in [0.05, 0.1) is 24.1 Å². The maximum absolute atomic E-state index is 14.6. The number of pyridine rings is 1. The first-order chi connectivity index (χ1) is 14.1. The fourth-order valence-corrected chi connectivity index (χ4v) is 3.34. The zero-order valence-corrected chi connectivity index (χ0v) is 17.8. The molecule has 0 saturated heterocycles. The van der Waals surface area contributed by atoms with E-state index in [0.717, 1.165) is 6.07 Å². The minimum Gasteiger partial charge on any atom is -0.346 e. The Morgan fingerprint density at radius 2 is 1.93 bits per heavy atom. The van der Waals surface area contributed by atoms with Crippen LogP contribution in [-0.2, 0) is 0 Å². The number of anilines is 2. The summed E-state index contributed by atoms with van der Waals surface area (Å²) >= 11 is 3.26. The number of imidazole rings is 1. The smallest absolute Gasteiger partial charge is 0.255 e. The number of hydrogen-bond acceptors (Lipinski definition) is 4. The molecule has 2 N–H and O–H groups in total. The van der Waals surface area contributed by atoms with Gasteiger partial charge in [0.1, 0.15) is 10.1 Å². The van der Waals surface area contributed by atoms with Gasteiger partial charge in [0, 0.05) is 17.2 Å². The van der Waals surface area contributed by atoms with Crippen molar-refractivity contribution in [1.82, 2.24) is 19.9 Å². The van der Waals surface area contributed by atoms with Crippen molar-refractivity contribution in [3.8, 4) is 0 Å². The third-order valence-electron chi connectivity index (χ3n) is 4.44. The van der Waals surface area contributed by atoms with Gasteiger partial charge >= 0.3 is 0 Å². The molecule has 0 fully saturated rings. The molecule has 3 rings (SSSR count). The molecule has 3 aromatic rings. The van der Waals surface area contributed by atoms with E-state index in [4.69, 9.17) is 0 Å². The fraction of sp³-hybridized carbons (Fsp3) is 0.316. The highest BCUT2D eigenvalue weighted by Crippen LogP contribution is 2.32. The molecule has 2 heterocycles. The summed E-state index contributed by atoms with van der Waals surface area (Å²) in [5.74, 6) is -3.23. The highest BCUT2D eigenvalue weighted by Gasteiger charge is 2.22. The van der Waals surface area contributed by atoms with Gasteiger partial charge in [-0.2, -0.15) is 0 Å². The summed E-state index contributed by atoms with van der Waals surface area (Å²) in [4.78, 5) is 20.8. The van der Waals surface area contributed by atoms with Crippen LogP contribution in [-0.4, -0.2) is 33.4 Å². The number of nitrogens with zero attached hydrogens (tertiary/aromatic N) is 3. The minimum atomic E-state index is -2.77. The van der Waals surface area contributed by atoms with Crippen LogP contribution in [0.25, 0.3) is 11.0 Å². The maximum atomic E-state index is 14.6. The van der Waals surface area contributed by atoms with Gasteiger partial charge in [0.25, 0.3) is 12.3 Å². The summed E-state index contributed by atoms with van der Waals surface area (Å²) in [6.45, 7) is 4.14. The maximum Gasteiger partial charge on any atom is 0.255 e. The molecule has 0 aliphatic heterocycles. The van der Waals surface area contributed by atoms with Gasteiger partial charge in [-0.1, -0.05) is 0 Å². The lowest BCUT2D eigenvalue weighted by Gasteiger charge is -2.16. The van der Waals surface area contributed by atoms with E-state index in [1.807, 2.05) is 19.2 Å². The predicted octanol–water partition coefficient (Wildman–Crippen LogP) is 5.10. The molecule has 0 spiro atoms. The summed E-state index contributed by atoms with van der Waals surface area (Å²) < 4.78 is 56.1. The Balaban J connectivity index is 2.09. The van der Waals surface area contributed by atoms with Crippen LogP contribution in [0.1, 0.15) is 35.8 Å². The van der Waals surface area contributed by atoms with Gasteiger partial charge in [-0.05, 0) is 48.8 Å². The molecule has 30 heavy (non-hydrogen) atoms. The molecule has 6 nitrogen and oxygen atoms in total. The third kappa shape index (κ3) is 4.25. The van der Waals surface area contributed by atoms with Gasteiger partial charge in [-0.25, -0.2) is 27.5 Å². The monoisotopic (exact) mass is 487 g/mol. The fourth-order valence-electron chi connectivity index (χ4n) is 2.94. The van der Waals surface area contributed by atoms with Crippen LogP contribution in [0.4, 0.5) is 29.1 Å². The van der Waals surface area contributed by atoms with Crippen molar-refractivity contribution >= 4 is 44.4 Å². The Morgan fingerprint density at radius 3 is 2.57 bits per heavy atom. The Kier molecular flexibility index (Phi) is 6.30. The number of hydrogen-bond donors (Lipinski definition) is 2. The van der Waals surface area contributed by atoms with Crippen LogP contribution in [0.3, 0.4) is 0 Å². The molecular formula is C19H18BrF4N5O. The van der Waals surface area contributed by atoms with Crippen molar-refractivity contribution in [2.45, 2.75) is 33.2 Å². The molecule has 160 valence electrons. The lowest BCUT2D eigenvalue weighted by molar-refractivity contribution is 0.0890. The number of halogens is 5. The number of nitrogens with one attached hydrogen (secondary N) is 2. The van der Waals surface area contributed by atoms with Crippen LogP contribution >= 0.6 is 15.9 Å². The molecule has 0 saturated carbocycles. The number of aromatic nitrogens is 3. The van der Waals surface area contributed by atoms with Crippen molar-refractivity contribution in [3.63, 3.8) is 0 Å². The zero-order chi connectivity index (χ0) is 22.2. The molecule has 0 bridgehead atoms. The number of carbonyl (C=O) groups is 1. The zero-order valence-electron chi connectivity index (χ0n) is 16.2. The molecule has 2 aromatic heterocycles. The molecule has 0 unspecified atom stereocenters. The average molecular weight is 488 g/mol. The highest BCUT2D eigenvalue weighted by atomic mass is 79.9. The summed E-state index contributed by atoms with van der Waals surface area (Å²) in [5, 5.41) is 4.71. The number of rotatable bonds is 6. The van der Waals surface area contributed by atoms with E-state index in [2.05, 4.69) is 31.2 Å². The molecule has 1 aromatic carbocycles. The quantitative estimate of drug-likeness (QED) is 0.374. The Labute approximate surface area is 177 Å². The van der Waals surface area contributed by atoms with Crippen LogP contribution in [0.15, 0.2) is 23.1 Å². The van der Waals surface area contributed by atoms with Crippen molar-refractivity contribution in [2.75, 3.05) is 11.9 Å². The molecule has 0 atom stereocenters. The first kappa shape index (κ1) is 22.0. The molecule has 0 aliphatic rings. The van der Waals surface area contributed by atoms with E-state index in [1.165, 1.54) is 6.92 Å². The lowest BCUT2D eigenvalue weighted by Crippen LogP contribution is -2.29. The number of benzene rings is 1. The number of carbonyl (C=O) groups excluding carboxylic acids is 1. The van der Waals surface area contributed by atoms with E-state index in [-0.39, 0.29) is 28.7 Å². The molecule has 0 radical (unpaired) electrons. The predicted molar refractivity (Wildman–Crippen MR) is 108 cm³/mol. The number of fused-ring (bicyclic) bond motifs is 1. The molecule has 1 amide bonds. The number of alkyl halides is 2. The van der Waals surface area contributed by atoms with E-state index in [9.17, 15) is 22.4 Å². The van der Waals surface area contributed by atoms with Crippen molar-refractivity contribution in [2.24, 2.45) is 0 Å². The van der Waals surface area contributed by atoms with Crippen molar-refractivity contribution in [3.05, 3.63) is 45.8 Å². The largest absolute Gasteiger partial charge is 0.346 e. The Bertz CT molecular complexity index is 1120. The van der Waals surface area contributed by atoms with Gasteiger partial charge in [-0.15, -0.1) is 0 Å². The van der Waals surface area contributed by atoms with Crippen molar-refractivity contribution in [1.29, 1.82) is 0 Å². The van der Waals surface area contributed by atoms with Gasteiger partial charge in [0.15, 0.2) is 17.5 Å². The highest BCUT2D eigenvalue weighted by molar-refractivity contribution is 9.10. The summed E-state index contributed by atoms with van der Waals surface area (Å²) in [6.07, 6.45) is -1.17. The van der Waals surface area contributed by atoms with Gasteiger partial charge < -0.3 is 15.2 Å². The second-order valence-corrected chi connectivity index (χ2v) is 7.67. The average Bonchev–Trinajstić information content (AvgIpc) is 3.10. The SMILES string of the molecule is Cc1c(C(=O)NCC(F)F)cc(Nc2nc(Br)cc3ncn(C(C)C)c23)c(F)c1F. The second kappa shape index (κ2) is 8.58. The summed E-state index contributed by atoms with van der Waals surface area (Å²) in [7, 11) is 0. The minimum absolute atomic E-state index is 0.00816. The molecule has 0 aliphatic carbocycles. The second-order valence-electron chi connectivity index (χ2n) is 6.86. The molecular weight excluding hydrogens is 470 g/mol. The van der Waals surface area contributed by atoms with E-state index < -0.39 is 30.5 Å². The van der Waals surface area contributed by atoms with Crippen LogP contribution in [0.2, 0.25) is 0 Å². The standard InChI is InChI=1S/C19H18BrF4N5O/c1-8(2)29-7-26-12-5-13(20)28-18(17(12)29)27-11-4-10(9(3)15(23)16(11)24)19(30)25-6-14(21)22/h4-5,7-8,14H,6H2,1-3H3,(H,25,30)(H,27,28). The topological polar surface area (TPSA) is 71.8 Å². The van der Waals surface area contributed by atoms with Crippen LogP contribution in [0, 0.1) is 18.6 Å². The lowest BCUT2D eigenvalue weighted by atomic mass is 10.1. The molecule has 11 heteroatoms. The van der Waals surface area contributed by atoms with E-state index >= 15 is 0 Å². The van der Waals surface area contributed by atoms with Crippen LogP contribution < -0.4 is 10.6 Å². The first-order valence-electron chi connectivity index (χ1n) is 8.95. The summed E-state index contributed by atoms with van der Waals surface area (Å²) in [5.41, 5.74) is 0.210.